The molecule has 0 aromatic heterocycles. The molecule has 1 heterocycles. The Morgan fingerprint density at radius 2 is 1.83 bits per heavy atom. The Morgan fingerprint density at radius 3 is 2.39 bits per heavy atom. The van der Waals surface area contributed by atoms with Crippen LogP contribution in [0.4, 0.5) is 0 Å². The smallest absolute Gasteiger partial charge is 0.245 e. The molecule has 2 amide bonds. The minimum absolute atomic E-state index is 0.0273. The second-order valence-corrected chi connectivity index (χ2v) is 6.47. The molecule has 1 saturated heterocycles. The van der Waals surface area contributed by atoms with Gasteiger partial charge >= 0.3 is 0 Å². The summed E-state index contributed by atoms with van der Waals surface area (Å²) in [5.41, 5.74) is 0.869. The highest BCUT2D eigenvalue weighted by Crippen LogP contribution is 2.12. The molecular formula is C17H23ClN2O3. The molecule has 1 aromatic carbocycles. The lowest BCUT2D eigenvalue weighted by Crippen LogP contribution is -2.54. The summed E-state index contributed by atoms with van der Waals surface area (Å²) in [6, 6.07) is 6.63. The zero-order chi connectivity index (χ0) is 16.8. The predicted molar refractivity (Wildman–Crippen MR) is 89.3 cm³/mol. The Labute approximate surface area is 141 Å². The van der Waals surface area contributed by atoms with Crippen LogP contribution in [-0.2, 0) is 20.7 Å². The number of nitrogens with zero attached hydrogens (tertiary/aromatic N) is 1. The number of morpholine rings is 1. The molecule has 0 saturated carbocycles. The third-order valence-electron chi connectivity index (χ3n) is 3.85. The van der Waals surface area contributed by atoms with Gasteiger partial charge in [0.15, 0.2) is 0 Å². The Bertz CT molecular complexity index is 539. The van der Waals surface area contributed by atoms with Crippen LogP contribution in [0, 0.1) is 5.92 Å². The first-order valence-electron chi connectivity index (χ1n) is 7.87. The van der Waals surface area contributed by atoms with Gasteiger partial charge in [0.2, 0.25) is 11.8 Å². The van der Waals surface area contributed by atoms with E-state index in [1.165, 1.54) is 0 Å². The van der Waals surface area contributed by atoms with Crippen molar-refractivity contribution in [1.29, 1.82) is 0 Å². The SMILES string of the molecule is CC(C)[C@H](NC(=O)Cc1ccc(Cl)cc1)C(=O)N1CCOCC1. The Balaban J connectivity index is 1.96. The lowest BCUT2D eigenvalue weighted by molar-refractivity contribution is -0.141. The van der Waals surface area contributed by atoms with Crippen molar-refractivity contribution in [3.63, 3.8) is 0 Å². The van der Waals surface area contributed by atoms with Crippen LogP contribution in [0.15, 0.2) is 24.3 Å². The number of nitrogens with one attached hydrogen (secondary N) is 1. The molecule has 1 aromatic rings. The average molecular weight is 339 g/mol. The number of rotatable bonds is 5. The summed E-state index contributed by atoms with van der Waals surface area (Å²) in [5, 5.41) is 3.51. The fourth-order valence-electron chi connectivity index (χ4n) is 2.51. The van der Waals surface area contributed by atoms with Crippen molar-refractivity contribution < 1.29 is 14.3 Å². The van der Waals surface area contributed by atoms with Crippen LogP contribution in [0.1, 0.15) is 19.4 Å². The maximum atomic E-state index is 12.6. The minimum atomic E-state index is -0.507. The van der Waals surface area contributed by atoms with Gasteiger partial charge in [-0.15, -0.1) is 0 Å². The third-order valence-corrected chi connectivity index (χ3v) is 4.10. The lowest BCUT2D eigenvalue weighted by Gasteiger charge is -2.32. The zero-order valence-corrected chi connectivity index (χ0v) is 14.3. The van der Waals surface area contributed by atoms with Crippen LogP contribution in [0.25, 0.3) is 0 Å². The molecule has 23 heavy (non-hydrogen) atoms. The van der Waals surface area contributed by atoms with Crippen LogP contribution in [-0.4, -0.2) is 49.1 Å². The molecule has 6 heteroatoms. The standard InChI is InChI=1S/C17H23ClN2O3/c1-12(2)16(17(22)20-7-9-23-10-8-20)19-15(21)11-13-3-5-14(18)6-4-13/h3-6,12,16H,7-11H2,1-2H3,(H,19,21)/t16-/m0/s1. The van der Waals surface area contributed by atoms with Gasteiger partial charge in [-0.25, -0.2) is 0 Å². The van der Waals surface area contributed by atoms with Crippen LogP contribution in [0.2, 0.25) is 5.02 Å². The Kier molecular flexibility index (Phi) is 6.42. The first-order valence-corrected chi connectivity index (χ1v) is 8.25. The molecule has 1 atom stereocenters. The molecule has 0 spiro atoms. The molecule has 5 nitrogen and oxygen atoms in total. The van der Waals surface area contributed by atoms with Gasteiger partial charge in [0.1, 0.15) is 6.04 Å². The highest BCUT2D eigenvalue weighted by molar-refractivity contribution is 6.30. The highest BCUT2D eigenvalue weighted by Gasteiger charge is 2.29. The van der Waals surface area contributed by atoms with E-state index >= 15 is 0 Å². The third kappa shape index (κ3) is 5.22. The summed E-state index contributed by atoms with van der Waals surface area (Å²) in [5.74, 6) is -0.167. The number of hydrogen-bond acceptors (Lipinski definition) is 3. The maximum Gasteiger partial charge on any atom is 0.245 e. The molecule has 1 aliphatic heterocycles. The second-order valence-electron chi connectivity index (χ2n) is 6.03. The molecule has 2 rings (SSSR count). The molecule has 0 radical (unpaired) electrons. The molecule has 0 unspecified atom stereocenters. The molecule has 1 fully saturated rings. The van der Waals surface area contributed by atoms with E-state index in [-0.39, 0.29) is 24.2 Å². The fraction of sp³-hybridized carbons (Fsp3) is 0.529. The van der Waals surface area contributed by atoms with E-state index in [9.17, 15) is 9.59 Å². The summed E-state index contributed by atoms with van der Waals surface area (Å²) < 4.78 is 5.27. The number of ether oxygens (including phenoxy) is 1. The summed E-state index contributed by atoms with van der Waals surface area (Å²) in [4.78, 5) is 26.6. The van der Waals surface area contributed by atoms with Gasteiger partial charge in [0.25, 0.3) is 0 Å². The summed E-state index contributed by atoms with van der Waals surface area (Å²) in [6.07, 6.45) is 0.233. The van der Waals surface area contributed by atoms with Gasteiger partial charge in [-0.2, -0.15) is 0 Å². The number of amides is 2. The topological polar surface area (TPSA) is 58.6 Å². The van der Waals surface area contributed by atoms with E-state index in [0.29, 0.717) is 31.3 Å². The summed E-state index contributed by atoms with van der Waals surface area (Å²) in [6.45, 7) is 6.13. The quantitative estimate of drug-likeness (QED) is 0.891. The van der Waals surface area contributed by atoms with Crippen molar-refractivity contribution >= 4 is 23.4 Å². The molecule has 0 aliphatic carbocycles. The monoisotopic (exact) mass is 338 g/mol. The van der Waals surface area contributed by atoms with E-state index in [1.54, 1.807) is 17.0 Å². The zero-order valence-electron chi connectivity index (χ0n) is 13.5. The van der Waals surface area contributed by atoms with Gasteiger partial charge < -0.3 is 15.0 Å². The van der Waals surface area contributed by atoms with Gasteiger partial charge in [-0.1, -0.05) is 37.6 Å². The highest BCUT2D eigenvalue weighted by atomic mass is 35.5. The van der Waals surface area contributed by atoms with Crippen molar-refractivity contribution in [3.05, 3.63) is 34.9 Å². The average Bonchev–Trinajstić information content (AvgIpc) is 2.55. The van der Waals surface area contributed by atoms with E-state index in [0.717, 1.165) is 5.56 Å². The second kappa shape index (κ2) is 8.31. The van der Waals surface area contributed by atoms with E-state index in [4.69, 9.17) is 16.3 Å². The van der Waals surface area contributed by atoms with Crippen LogP contribution in [0.3, 0.4) is 0 Å². The van der Waals surface area contributed by atoms with Crippen molar-refractivity contribution in [2.75, 3.05) is 26.3 Å². The summed E-state index contributed by atoms with van der Waals surface area (Å²) >= 11 is 5.84. The van der Waals surface area contributed by atoms with Crippen molar-refractivity contribution in [2.24, 2.45) is 5.92 Å². The minimum Gasteiger partial charge on any atom is -0.378 e. The number of carbonyl (C=O) groups is 2. The first kappa shape index (κ1) is 17.8. The van der Waals surface area contributed by atoms with E-state index in [2.05, 4.69) is 5.32 Å². The van der Waals surface area contributed by atoms with Crippen molar-refractivity contribution in [1.82, 2.24) is 10.2 Å². The fourth-order valence-corrected chi connectivity index (χ4v) is 2.63. The molecule has 1 aliphatic rings. The Hall–Kier alpha value is -1.59. The maximum absolute atomic E-state index is 12.6. The molecule has 0 bridgehead atoms. The molecule has 1 N–H and O–H groups in total. The van der Waals surface area contributed by atoms with Crippen LogP contribution < -0.4 is 5.32 Å². The van der Waals surface area contributed by atoms with Crippen molar-refractivity contribution in [2.45, 2.75) is 26.3 Å². The van der Waals surface area contributed by atoms with E-state index in [1.807, 2.05) is 26.0 Å². The van der Waals surface area contributed by atoms with E-state index < -0.39 is 6.04 Å². The van der Waals surface area contributed by atoms with Gasteiger partial charge in [0, 0.05) is 18.1 Å². The Morgan fingerprint density at radius 1 is 1.22 bits per heavy atom. The van der Waals surface area contributed by atoms with Gasteiger partial charge in [-0.3, -0.25) is 9.59 Å². The van der Waals surface area contributed by atoms with Crippen molar-refractivity contribution in [3.8, 4) is 0 Å². The molecular weight excluding hydrogens is 316 g/mol. The number of benzene rings is 1. The van der Waals surface area contributed by atoms with Gasteiger partial charge in [0.05, 0.1) is 19.6 Å². The van der Waals surface area contributed by atoms with Gasteiger partial charge in [-0.05, 0) is 23.6 Å². The first-order chi connectivity index (χ1) is 11.0. The lowest BCUT2D eigenvalue weighted by atomic mass is 10.0. The predicted octanol–water partition coefficient (Wildman–Crippen LogP) is 1.88. The largest absolute Gasteiger partial charge is 0.378 e. The summed E-state index contributed by atoms with van der Waals surface area (Å²) in [7, 11) is 0. The number of hydrogen-bond donors (Lipinski definition) is 1. The van der Waals surface area contributed by atoms with Crippen LogP contribution in [0.5, 0.6) is 0 Å². The number of carbonyl (C=O) groups excluding carboxylic acids is 2. The number of halogens is 1. The molecule has 126 valence electrons. The van der Waals surface area contributed by atoms with Crippen LogP contribution >= 0.6 is 11.6 Å². The normalized spacial score (nSPS) is 16.3.